The molecule has 3 rings (SSSR count). The lowest BCUT2D eigenvalue weighted by Gasteiger charge is -2.17. The second-order valence-electron chi connectivity index (χ2n) is 5.82. The highest BCUT2D eigenvalue weighted by Gasteiger charge is 2.18. The van der Waals surface area contributed by atoms with Gasteiger partial charge in [-0.15, -0.1) is 11.3 Å². The van der Waals surface area contributed by atoms with Crippen molar-refractivity contribution in [3.8, 4) is 11.3 Å². The molecular weight excluding hydrogens is 384 g/mol. The van der Waals surface area contributed by atoms with Gasteiger partial charge in [0, 0.05) is 39.6 Å². The molecule has 5 heteroatoms. The van der Waals surface area contributed by atoms with Crippen LogP contribution in [0.3, 0.4) is 0 Å². The Morgan fingerprint density at radius 1 is 1.17 bits per heavy atom. The molecule has 0 unspecified atom stereocenters. The normalized spacial score (nSPS) is 10.8. The third-order valence-corrected chi connectivity index (χ3v) is 5.70. The largest absolute Gasteiger partial charge is 0.340 e. The number of carbonyl (C=O) groups excluding carboxylic acids is 1. The van der Waals surface area contributed by atoms with Crippen LogP contribution in [0.2, 0.25) is 0 Å². The smallest absolute Gasteiger partial charge is 0.270 e. The van der Waals surface area contributed by atoms with Gasteiger partial charge in [-0.1, -0.05) is 34.1 Å². The minimum atomic E-state index is 0.0295. The van der Waals surface area contributed by atoms with Crippen LogP contribution >= 0.6 is 27.3 Å². The highest BCUT2D eigenvalue weighted by Crippen LogP contribution is 2.29. The maximum absolute atomic E-state index is 12.8. The zero-order valence-electron chi connectivity index (χ0n) is 13.9. The van der Waals surface area contributed by atoms with E-state index in [1.165, 1.54) is 9.75 Å². The first-order valence-corrected chi connectivity index (χ1v) is 9.29. The quantitative estimate of drug-likeness (QED) is 0.595. The molecule has 124 valence electrons. The lowest BCUT2D eigenvalue weighted by molar-refractivity contribution is 0.0777. The van der Waals surface area contributed by atoms with Crippen LogP contribution in [-0.4, -0.2) is 22.4 Å². The van der Waals surface area contributed by atoms with E-state index in [1.54, 1.807) is 16.2 Å². The Morgan fingerprint density at radius 2 is 1.92 bits per heavy atom. The summed E-state index contributed by atoms with van der Waals surface area (Å²) >= 11 is 5.31. The zero-order chi connectivity index (χ0) is 17.3. The summed E-state index contributed by atoms with van der Waals surface area (Å²) in [6, 6.07) is 16.1. The van der Waals surface area contributed by atoms with E-state index in [-0.39, 0.29) is 5.91 Å². The molecule has 2 heterocycles. The van der Waals surface area contributed by atoms with Crippen LogP contribution in [0.15, 0.2) is 53.0 Å². The van der Waals surface area contributed by atoms with Gasteiger partial charge in [0.05, 0.1) is 6.54 Å². The Morgan fingerprint density at radius 3 is 2.58 bits per heavy atom. The van der Waals surface area contributed by atoms with Crippen molar-refractivity contribution in [3.05, 3.63) is 68.5 Å². The number of aromatic nitrogens is 1. The topological polar surface area (TPSA) is 25.2 Å². The van der Waals surface area contributed by atoms with E-state index in [0.717, 1.165) is 15.7 Å². The Balaban J connectivity index is 1.85. The van der Waals surface area contributed by atoms with Gasteiger partial charge in [-0.2, -0.15) is 0 Å². The van der Waals surface area contributed by atoms with Crippen LogP contribution in [0, 0.1) is 6.92 Å². The fourth-order valence-electron chi connectivity index (χ4n) is 2.74. The molecule has 0 radical (unpaired) electrons. The predicted octanol–water partition coefficient (Wildman–Crippen LogP) is 5.10. The molecule has 3 nitrogen and oxygen atoms in total. The molecular formula is C19H19BrN2OS. The molecule has 0 fully saturated rings. The Hall–Kier alpha value is -1.85. The molecule has 3 aromatic rings. The second kappa shape index (κ2) is 6.95. The number of benzene rings is 1. The fourth-order valence-corrected chi connectivity index (χ4v) is 4.17. The third-order valence-electron chi connectivity index (χ3n) is 4.03. The first kappa shape index (κ1) is 17.0. The number of hydrogen-bond acceptors (Lipinski definition) is 2. The maximum Gasteiger partial charge on any atom is 0.270 e. The lowest BCUT2D eigenvalue weighted by Crippen LogP contribution is -2.27. The fraction of sp³-hybridized carbons (Fsp3) is 0.211. The molecule has 0 bridgehead atoms. The molecule has 0 aliphatic rings. The van der Waals surface area contributed by atoms with E-state index in [2.05, 4.69) is 35.0 Å². The van der Waals surface area contributed by atoms with Crippen LogP contribution in [0.4, 0.5) is 0 Å². The van der Waals surface area contributed by atoms with Gasteiger partial charge in [0.15, 0.2) is 0 Å². The number of rotatable bonds is 4. The Bertz CT molecular complexity index is 881. The molecule has 0 atom stereocenters. The minimum absolute atomic E-state index is 0.0295. The summed E-state index contributed by atoms with van der Waals surface area (Å²) in [6.07, 6.45) is 0. The van der Waals surface area contributed by atoms with Crippen molar-refractivity contribution in [2.24, 2.45) is 7.05 Å². The summed E-state index contributed by atoms with van der Waals surface area (Å²) in [6.45, 7) is 2.71. The van der Waals surface area contributed by atoms with Crippen LogP contribution in [0.25, 0.3) is 11.3 Å². The van der Waals surface area contributed by atoms with Gasteiger partial charge in [0.2, 0.25) is 0 Å². The van der Waals surface area contributed by atoms with Gasteiger partial charge >= 0.3 is 0 Å². The molecule has 0 spiro atoms. The number of halogens is 1. The van der Waals surface area contributed by atoms with E-state index in [1.807, 2.05) is 55.1 Å². The standard InChI is InChI=1S/C19H19BrN2OS/c1-13-8-9-14(24-13)12-21(2)19(23)18-11-10-17(22(18)3)15-6-4-5-7-16(15)20/h4-11H,12H2,1-3H3. The van der Waals surface area contributed by atoms with Crippen molar-refractivity contribution in [2.45, 2.75) is 13.5 Å². The molecule has 0 N–H and O–H groups in total. The number of carbonyl (C=O) groups is 1. The maximum atomic E-state index is 12.8. The van der Waals surface area contributed by atoms with Gasteiger partial charge in [-0.3, -0.25) is 4.79 Å². The van der Waals surface area contributed by atoms with Crippen LogP contribution < -0.4 is 0 Å². The number of nitrogens with zero attached hydrogens (tertiary/aromatic N) is 2. The summed E-state index contributed by atoms with van der Waals surface area (Å²) in [5.41, 5.74) is 2.79. The zero-order valence-corrected chi connectivity index (χ0v) is 16.3. The molecule has 0 aliphatic carbocycles. The van der Waals surface area contributed by atoms with Crippen molar-refractivity contribution in [2.75, 3.05) is 7.05 Å². The average molecular weight is 403 g/mol. The first-order valence-electron chi connectivity index (χ1n) is 7.69. The van der Waals surface area contributed by atoms with Crippen LogP contribution in [-0.2, 0) is 13.6 Å². The highest BCUT2D eigenvalue weighted by atomic mass is 79.9. The van der Waals surface area contributed by atoms with Crippen LogP contribution in [0.5, 0.6) is 0 Å². The third kappa shape index (κ3) is 3.32. The van der Waals surface area contributed by atoms with E-state index < -0.39 is 0 Å². The Kier molecular flexibility index (Phi) is 4.92. The summed E-state index contributed by atoms with van der Waals surface area (Å²) in [7, 11) is 3.79. The summed E-state index contributed by atoms with van der Waals surface area (Å²) in [5, 5.41) is 0. The predicted molar refractivity (Wildman–Crippen MR) is 103 cm³/mol. The summed E-state index contributed by atoms with van der Waals surface area (Å²) in [4.78, 5) is 17.0. The van der Waals surface area contributed by atoms with Gasteiger partial charge in [0.1, 0.15) is 5.69 Å². The van der Waals surface area contributed by atoms with Crippen LogP contribution in [0.1, 0.15) is 20.2 Å². The molecule has 0 saturated carbocycles. The summed E-state index contributed by atoms with van der Waals surface area (Å²) < 4.78 is 2.98. The van der Waals surface area contributed by atoms with Crippen molar-refractivity contribution in [1.29, 1.82) is 0 Å². The van der Waals surface area contributed by atoms with E-state index >= 15 is 0 Å². The number of aryl methyl sites for hydroxylation is 1. The lowest BCUT2D eigenvalue weighted by atomic mass is 10.1. The first-order chi connectivity index (χ1) is 11.5. The molecule has 24 heavy (non-hydrogen) atoms. The minimum Gasteiger partial charge on any atom is -0.340 e. The molecule has 1 aromatic carbocycles. The molecule has 1 amide bonds. The Labute approximate surface area is 154 Å². The molecule has 2 aromatic heterocycles. The van der Waals surface area contributed by atoms with Gasteiger partial charge in [0.25, 0.3) is 5.91 Å². The summed E-state index contributed by atoms with van der Waals surface area (Å²) in [5.74, 6) is 0.0295. The van der Waals surface area contributed by atoms with Crippen molar-refractivity contribution in [1.82, 2.24) is 9.47 Å². The highest BCUT2D eigenvalue weighted by molar-refractivity contribution is 9.10. The average Bonchev–Trinajstić information content (AvgIpc) is 3.13. The van der Waals surface area contributed by atoms with E-state index in [4.69, 9.17) is 0 Å². The van der Waals surface area contributed by atoms with Gasteiger partial charge in [-0.25, -0.2) is 0 Å². The molecule has 0 saturated heterocycles. The number of amides is 1. The second-order valence-corrected chi connectivity index (χ2v) is 8.04. The van der Waals surface area contributed by atoms with E-state index in [9.17, 15) is 4.79 Å². The number of hydrogen-bond donors (Lipinski definition) is 0. The van der Waals surface area contributed by atoms with Crippen molar-refractivity contribution >= 4 is 33.2 Å². The van der Waals surface area contributed by atoms with Crippen molar-refractivity contribution < 1.29 is 4.79 Å². The van der Waals surface area contributed by atoms with Crippen molar-refractivity contribution in [3.63, 3.8) is 0 Å². The van der Waals surface area contributed by atoms with E-state index in [0.29, 0.717) is 12.2 Å². The molecule has 0 aliphatic heterocycles. The monoisotopic (exact) mass is 402 g/mol. The van der Waals surface area contributed by atoms with Gasteiger partial charge < -0.3 is 9.47 Å². The van der Waals surface area contributed by atoms with Gasteiger partial charge in [-0.05, 0) is 37.3 Å². The number of thiophene rings is 1. The SMILES string of the molecule is Cc1ccc(CN(C)C(=O)c2ccc(-c3ccccc3Br)n2C)s1.